The summed E-state index contributed by atoms with van der Waals surface area (Å²) in [7, 11) is 0. The first-order valence-electron chi connectivity index (χ1n) is 7.75. The summed E-state index contributed by atoms with van der Waals surface area (Å²) >= 11 is 0. The molecule has 0 spiro atoms. The number of ether oxygens (including phenoxy) is 1. The number of rotatable bonds is 4. The SMILES string of the molecule is CC(C)CNC(=O)OCC1c2ccccc2-c2ccccc21. The summed E-state index contributed by atoms with van der Waals surface area (Å²) in [5, 5.41) is 2.79. The monoisotopic (exact) mass is 295 g/mol. The van der Waals surface area contributed by atoms with Gasteiger partial charge < -0.3 is 10.1 Å². The fourth-order valence-corrected chi connectivity index (χ4v) is 2.94. The van der Waals surface area contributed by atoms with E-state index in [-0.39, 0.29) is 12.0 Å². The number of fused-ring (bicyclic) bond motifs is 3. The lowest BCUT2D eigenvalue weighted by Gasteiger charge is -2.15. The van der Waals surface area contributed by atoms with E-state index in [2.05, 4.69) is 43.4 Å². The van der Waals surface area contributed by atoms with Gasteiger partial charge in [0, 0.05) is 12.5 Å². The molecule has 22 heavy (non-hydrogen) atoms. The van der Waals surface area contributed by atoms with Crippen LogP contribution < -0.4 is 5.32 Å². The molecule has 0 heterocycles. The molecule has 1 aliphatic rings. The maximum atomic E-state index is 11.8. The molecule has 3 rings (SSSR count). The minimum Gasteiger partial charge on any atom is -0.449 e. The fraction of sp³-hybridized carbons (Fsp3) is 0.316. The molecule has 0 saturated heterocycles. The zero-order valence-corrected chi connectivity index (χ0v) is 13.0. The van der Waals surface area contributed by atoms with Gasteiger partial charge in [-0.3, -0.25) is 0 Å². The van der Waals surface area contributed by atoms with Crippen LogP contribution in [-0.4, -0.2) is 19.2 Å². The Bertz CT molecular complexity index is 633. The Morgan fingerprint density at radius 3 is 2.14 bits per heavy atom. The maximum absolute atomic E-state index is 11.8. The van der Waals surface area contributed by atoms with Crippen molar-refractivity contribution in [3.63, 3.8) is 0 Å². The van der Waals surface area contributed by atoms with Gasteiger partial charge in [-0.05, 0) is 28.2 Å². The molecule has 2 aromatic rings. The predicted octanol–water partition coefficient (Wildman–Crippen LogP) is 4.18. The third-order valence-electron chi connectivity index (χ3n) is 4.00. The van der Waals surface area contributed by atoms with Crippen LogP contribution >= 0.6 is 0 Å². The topological polar surface area (TPSA) is 38.3 Å². The lowest BCUT2D eigenvalue weighted by atomic mass is 9.98. The highest BCUT2D eigenvalue weighted by molar-refractivity contribution is 5.79. The second-order valence-electron chi connectivity index (χ2n) is 6.10. The van der Waals surface area contributed by atoms with Gasteiger partial charge in [0.1, 0.15) is 6.61 Å². The van der Waals surface area contributed by atoms with E-state index < -0.39 is 0 Å². The number of hydrogen-bond acceptors (Lipinski definition) is 2. The molecule has 1 aliphatic carbocycles. The van der Waals surface area contributed by atoms with Gasteiger partial charge in [0.05, 0.1) is 0 Å². The molecule has 3 heteroatoms. The standard InChI is InChI=1S/C19H21NO2/c1-13(2)11-20-19(21)22-12-18-16-9-5-3-7-14(16)15-8-4-6-10-17(15)18/h3-10,13,18H,11-12H2,1-2H3,(H,20,21). The molecule has 0 atom stereocenters. The van der Waals surface area contributed by atoms with Gasteiger partial charge in [-0.2, -0.15) is 0 Å². The van der Waals surface area contributed by atoms with Crippen LogP contribution in [0.3, 0.4) is 0 Å². The molecular formula is C19H21NO2. The highest BCUT2D eigenvalue weighted by Gasteiger charge is 2.28. The quantitative estimate of drug-likeness (QED) is 0.919. The number of nitrogens with one attached hydrogen (secondary N) is 1. The minimum atomic E-state index is -0.337. The number of hydrogen-bond donors (Lipinski definition) is 1. The molecule has 0 aromatic heterocycles. The highest BCUT2D eigenvalue weighted by Crippen LogP contribution is 2.44. The average molecular weight is 295 g/mol. The van der Waals surface area contributed by atoms with Crippen molar-refractivity contribution in [1.29, 1.82) is 0 Å². The first kappa shape index (κ1) is 14.6. The largest absolute Gasteiger partial charge is 0.449 e. The smallest absolute Gasteiger partial charge is 0.407 e. The Balaban J connectivity index is 1.75. The molecule has 114 valence electrons. The molecule has 0 saturated carbocycles. The van der Waals surface area contributed by atoms with Crippen molar-refractivity contribution in [3.05, 3.63) is 59.7 Å². The molecule has 1 amide bonds. The lowest BCUT2D eigenvalue weighted by Crippen LogP contribution is -2.29. The van der Waals surface area contributed by atoms with Crippen LogP contribution in [-0.2, 0) is 4.74 Å². The van der Waals surface area contributed by atoms with Crippen LogP contribution in [0.5, 0.6) is 0 Å². The summed E-state index contributed by atoms with van der Waals surface area (Å²) in [6.07, 6.45) is -0.337. The Morgan fingerprint density at radius 1 is 1.05 bits per heavy atom. The van der Waals surface area contributed by atoms with Crippen LogP contribution in [0, 0.1) is 5.92 Å². The second-order valence-corrected chi connectivity index (χ2v) is 6.10. The first-order valence-corrected chi connectivity index (χ1v) is 7.75. The number of alkyl carbamates (subject to hydrolysis) is 1. The van der Waals surface area contributed by atoms with E-state index in [1.54, 1.807) is 0 Å². The van der Waals surface area contributed by atoms with Crippen LogP contribution in [0.15, 0.2) is 48.5 Å². The van der Waals surface area contributed by atoms with Crippen molar-refractivity contribution < 1.29 is 9.53 Å². The van der Waals surface area contributed by atoms with Crippen molar-refractivity contribution in [2.75, 3.05) is 13.2 Å². The van der Waals surface area contributed by atoms with Gasteiger partial charge in [0.2, 0.25) is 0 Å². The van der Waals surface area contributed by atoms with E-state index >= 15 is 0 Å². The molecule has 3 nitrogen and oxygen atoms in total. The number of benzene rings is 2. The Hall–Kier alpha value is -2.29. The van der Waals surface area contributed by atoms with Crippen molar-refractivity contribution in [2.45, 2.75) is 19.8 Å². The number of amides is 1. The molecular weight excluding hydrogens is 274 g/mol. The summed E-state index contributed by atoms with van der Waals surface area (Å²) in [5.74, 6) is 0.540. The summed E-state index contributed by atoms with van der Waals surface area (Å²) in [6, 6.07) is 16.7. The third-order valence-corrected chi connectivity index (χ3v) is 4.00. The molecule has 2 aromatic carbocycles. The highest BCUT2D eigenvalue weighted by atomic mass is 16.5. The van der Waals surface area contributed by atoms with Crippen molar-refractivity contribution in [1.82, 2.24) is 5.32 Å². The van der Waals surface area contributed by atoms with Gasteiger partial charge in [0.15, 0.2) is 0 Å². The average Bonchev–Trinajstić information content (AvgIpc) is 2.85. The summed E-state index contributed by atoms with van der Waals surface area (Å²) in [5.41, 5.74) is 4.96. The Labute approximate surface area is 131 Å². The van der Waals surface area contributed by atoms with E-state index in [0.29, 0.717) is 19.1 Å². The van der Waals surface area contributed by atoms with Gasteiger partial charge >= 0.3 is 6.09 Å². The van der Waals surface area contributed by atoms with Gasteiger partial charge in [-0.15, -0.1) is 0 Å². The zero-order chi connectivity index (χ0) is 15.5. The van der Waals surface area contributed by atoms with Crippen LogP contribution in [0.4, 0.5) is 4.79 Å². The van der Waals surface area contributed by atoms with Crippen LogP contribution in [0.25, 0.3) is 11.1 Å². The van der Waals surface area contributed by atoms with Crippen LogP contribution in [0.1, 0.15) is 30.9 Å². The van der Waals surface area contributed by atoms with Crippen LogP contribution in [0.2, 0.25) is 0 Å². The number of carbonyl (C=O) groups excluding carboxylic acids is 1. The molecule has 1 N–H and O–H groups in total. The van der Waals surface area contributed by atoms with E-state index in [1.165, 1.54) is 22.3 Å². The molecule has 0 aliphatic heterocycles. The third kappa shape index (κ3) is 2.84. The molecule has 0 bridgehead atoms. The first-order chi connectivity index (χ1) is 10.7. The van der Waals surface area contributed by atoms with E-state index in [1.807, 2.05) is 24.3 Å². The fourth-order valence-electron chi connectivity index (χ4n) is 2.94. The second kappa shape index (κ2) is 6.22. The van der Waals surface area contributed by atoms with Crippen molar-refractivity contribution >= 4 is 6.09 Å². The molecule has 0 radical (unpaired) electrons. The van der Waals surface area contributed by atoms with E-state index in [4.69, 9.17) is 4.74 Å². The normalized spacial score (nSPS) is 12.9. The summed E-state index contributed by atoms with van der Waals surface area (Å²) in [6.45, 7) is 5.13. The zero-order valence-electron chi connectivity index (χ0n) is 13.0. The predicted molar refractivity (Wildman–Crippen MR) is 87.9 cm³/mol. The Morgan fingerprint density at radius 2 is 1.59 bits per heavy atom. The number of carbonyl (C=O) groups is 1. The van der Waals surface area contributed by atoms with E-state index in [0.717, 1.165) is 0 Å². The van der Waals surface area contributed by atoms with Crippen molar-refractivity contribution in [3.8, 4) is 11.1 Å². The van der Waals surface area contributed by atoms with E-state index in [9.17, 15) is 4.79 Å². The maximum Gasteiger partial charge on any atom is 0.407 e. The van der Waals surface area contributed by atoms with Gasteiger partial charge in [-0.1, -0.05) is 62.4 Å². The van der Waals surface area contributed by atoms with Crippen molar-refractivity contribution in [2.24, 2.45) is 5.92 Å². The lowest BCUT2D eigenvalue weighted by molar-refractivity contribution is 0.142. The van der Waals surface area contributed by atoms with Gasteiger partial charge in [-0.25, -0.2) is 4.79 Å². The minimum absolute atomic E-state index is 0.122. The summed E-state index contributed by atoms with van der Waals surface area (Å²) < 4.78 is 5.44. The summed E-state index contributed by atoms with van der Waals surface area (Å²) in [4.78, 5) is 11.8. The molecule has 0 fully saturated rings. The Kier molecular flexibility index (Phi) is 4.14. The van der Waals surface area contributed by atoms with Gasteiger partial charge in [0.25, 0.3) is 0 Å². The molecule has 0 unspecified atom stereocenters.